The summed E-state index contributed by atoms with van der Waals surface area (Å²) in [5.41, 5.74) is 6.79. The minimum absolute atomic E-state index is 0.105. The Labute approximate surface area is 204 Å². The number of nitrogens with one attached hydrogen (secondary N) is 3. The number of hydrogen-bond donors (Lipinski definition) is 6. The summed E-state index contributed by atoms with van der Waals surface area (Å²) in [7, 11) is 0. The summed E-state index contributed by atoms with van der Waals surface area (Å²) in [6.07, 6.45) is 2.98. The number of nitrogens with two attached hydrogens (primary N) is 1. The SMILES string of the molecule is CCC(C)C(NC(=O)C(CCSC)NC(=O)C(N)Cc1ccc(O)cc1)C(=O)NC(C)C(=O)O. The number of aliphatic carboxylic acids is 1. The topological polar surface area (TPSA) is 171 Å². The molecule has 1 aromatic carbocycles. The largest absolute Gasteiger partial charge is 0.508 e. The smallest absolute Gasteiger partial charge is 0.325 e. The first-order valence-electron chi connectivity index (χ1n) is 11.2. The second-order valence-corrected chi connectivity index (χ2v) is 9.25. The fourth-order valence-electron chi connectivity index (χ4n) is 3.08. The molecule has 7 N–H and O–H groups in total. The number of benzene rings is 1. The monoisotopic (exact) mass is 496 g/mol. The van der Waals surface area contributed by atoms with Gasteiger partial charge in [-0.2, -0.15) is 11.8 Å². The molecule has 0 heterocycles. The zero-order valence-corrected chi connectivity index (χ0v) is 20.9. The molecule has 5 unspecified atom stereocenters. The first-order valence-corrected chi connectivity index (χ1v) is 12.6. The molecule has 3 amide bonds. The van der Waals surface area contributed by atoms with Crippen molar-refractivity contribution in [3.05, 3.63) is 29.8 Å². The molecule has 0 aliphatic rings. The van der Waals surface area contributed by atoms with Crippen LogP contribution in [0.1, 0.15) is 39.2 Å². The fraction of sp³-hybridized carbons (Fsp3) is 0.565. The van der Waals surface area contributed by atoms with Gasteiger partial charge in [0.05, 0.1) is 6.04 Å². The van der Waals surface area contributed by atoms with Crippen molar-refractivity contribution in [1.29, 1.82) is 0 Å². The van der Waals surface area contributed by atoms with Crippen molar-refractivity contribution in [3.63, 3.8) is 0 Å². The minimum atomic E-state index is -1.18. The van der Waals surface area contributed by atoms with Crippen LogP contribution in [0, 0.1) is 5.92 Å². The van der Waals surface area contributed by atoms with E-state index in [1.807, 2.05) is 13.2 Å². The first kappa shape index (κ1) is 29.2. The van der Waals surface area contributed by atoms with Crippen LogP contribution in [-0.2, 0) is 25.6 Å². The normalized spacial score (nSPS) is 15.3. The van der Waals surface area contributed by atoms with Gasteiger partial charge in [-0.15, -0.1) is 0 Å². The lowest BCUT2D eigenvalue weighted by Crippen LogP contribution is -2.58. The highest BCUT2D eigenvalue weighted by Gasteiger charge is 2.31. The van der Waals surface area contributed by atoms with E-state index in [1.54, 1.807) is 19.1 Å². The number of amides is 3. The number of aromatic hydroxyl groups is 1. The van der Waals surface area contributed by atoms with Crippen LogP contribution in [0.25, 0.3) is 0 Å². The fourth-order valence-corrected chi connectivity index (χ4v) is 3.55. The van der Waals surface area contributed by atoms with Crippen molar-refractivity contribution >= 4 is 35.5 Å². The molecule has 1 aromatic rings. The van der Waals surface area contributed by atoms with E-state index < -0.39 is 47.9 Å². The molecule has 0 spiro atoms. The Balaban J connectivity index is 2.91. The zero-order valence-electron chi connectivity index (χ0n) is 20.0. The maximum absolute atomic E-state index is 13.1. The van der Waals surface area contributed by atoms with Crippen LogP contribution < -0.4 is 21.7 Å². The van der Waals surface area contributed by atoms with Crippen LogP contribution in [0.2, 0.25) is 0 Å². The Morgan fingerprint density at radius 1 is 1.00 bits per heavy atom. The molecule has 0 aliphatic heterocycles. The lowest BCUT2D eigenvalue weighted by atomic mass is 9.97. The van der Waals surface area contributed by atoms with Gasteiger partial charge in [-0.3, -0.25) is 19.2 Å². The van der Waals surface area contributed by atoms with E-state index in [9.17, 15) is 24.3 Å². The van der Waals surface area contributed by atoms with E-state index >= 15 is 0 Å². The highest BCUT2D eigenvalue weighted by atomic mass is 32.2. The van der Waals surface area contributed by atoms with Crippen molar-refractivity contribution in [1.82, 2.24) is 16.0 Å². The van der Waals surface area contributed by atoms with Crippen molar-refractivity contribution in [2.75, 3.05) is 12.0 Å². The number of hydrogen-bond acceptors (Lipinski definition) is 7. The van der Waals surface area contributed by atoms with Gasteiger partial charge in [0.1, 0.15) is 23.9 Å². The van der Waals surface area contributed by atoms with Gasteiger partial charge in [-0.05, 0) is 55.4 Å². The number of carbonyl (C=O) groups excluding carboxylic acids is 3. The van der Waals surface area contributed by atoms with Crippen LogP contribution in [0.15, 0.2) is 24.3 Å². The van der Waals surface area contributed by atoms with Crippen molar-refractivity contribution in [2.24, 2.45) is 11.7 Å². The predicted molar refractivity (Wildman–Crippen MR) is 131 cm³/mol. The van der Waals surface area contributed by atoms with Crippen LogP contribution in [0.3, 0.4) is 0 Å². The van der Waals surface area contributed by atoms with E-state index in [0.717, 1.165) is 5.56 Å². The van der Waals surface area contributed by atoms with Crippen LogP contribution in [0.4, 0.5) is 0 Å². The summed E-state index contributed by atoms with van der Waals surface area (Å²) < 4.78 is 0. The van der Waals surface area contributed by atoms with Crippen molar-refractivity contribution in [2.45, 2.75) is 64.2 Å². The molecule has 0 bridgehead atoms. The van der Waals surface area contributed by atoms with Gasteiger partial charge in [0, 0.05) is 0 Å². The molecule has 34 heavy (non-hydrogen) atoms. The molecule has 1 rings (SSSR count). The van der Waals surface area contributed by atoms with E-state index in [1.165, 1.54) is 30.8 Å². The third-order valence-corrected chi connectivity index (χ3v) is 6.14. The number of phenolic OH excluding ortho intramolecular Hbond substituents is 1. The number of carboxylic acids is 1. The molecule has 11 heteroatoms. The summed E-state index contributed by atoms with van der Waals surface area (Å²) >= 11 is 1.50. The Bertz CT molecular complexity index is 835. The average molecular weight is 497 g/mol. The van der Waals surface area contributed by atoms with Gasteiger partial charge in [-0.1, -0.05) is 32.4 Å². The molecule has 10 nitrogen and oxygen atoms in total. The summed E-state index contributed by atoms with van der Waals surface area (Å²) in [6, 6.07) is 2.42. The third kappa shape index (κ3) is 9.60. The van der Waals surface area contributed by atoms with Crippen LogP contribution in [-0.4, -0.2) is 70.1 Å². The average Bonchev–Trinajstić information content (AvgIpc) is 2.80. The lowest BCUT2D eigenvalue weighted by molar-refractivity contribution is -0.142. The molecular weight excluding hydrogens is 460 g/mol. The number of rotatable bonds is 14. The van der Waals surface area contributed by atoms with Gasteiger partial charge < -0.3 is 31.9 Å². The van der Waals surface area contributed by atoms with Gasteiger partial charge >= 0.3 is 5.97 Å². The van der Waals surface area contributed by atoms with Gasteiger partial charge in [-0.25, -0.2) is 0 Å². The molecule has 0 aliphatic carbocycles. The summed E-state index contributed by atoms with van der Waals surface area (Å²) in [5, 5.41) is 26.2. The van der Waals surface area contributed by atoms with E-state index in [0.29, 0.717) is 18.6 Å². The Hall–Kier alpha value is -2.79. The van der Waals surface area contributed by atoms with Gasteiger partial charge in [0.15, 0.2) is 0 Å². The number of carbonyl (C=O) groups is 4. The zero-order chi connectivity index (χ0) is 25.8. The summed E-state index contributed by atoms with van der Waals surface area (Å²) in [4.78, 5) is 49.5. The van der Waals surface area contributed by atoms with Crippen molar-refractivity contribution < 1.29 is 29.4 Å². The van der Waals surface area contributed by atoms with E-state index in [-0.39, 0.29) is 18.1 Å². The first-order chi connectivity index (χ1) is 16.0. The van der Waals surface area contributed by atoms with Gasteiger partial charge in [0.2, 0.25) is 17.7 Å². The Kier molecular flexibility index (Phi) is 12.4. The van der Waals surface area contributed by atoms with E-state index in [2.05, 4.69) is 16.0 Å². The minimum Gasteiger partial charge on any atom is -0.508 e. The highest BCUT2D eigenvalue weighted by molar-refractivity contribution is 7.98. The molecule has 190 valence electrons. The molecule has 0 saturated heterocycles. The van der Waals surface area contributed by atoms with Crippen molar-refractivity contribution in [3.8, 4) is 5.75 Å². The Morgan fingerprint density at radius 2 is 1.62 bits per heavy atom. The molecular formula is C23H36N4O6S. The molecule has 0 aromatic heterocycles. The molecule has 0 radical (unpaired) electrons. The van der Waals surface area contributed by atoms with Gasteiger partial charge in [0.25, 0.3) is 0 Å². The number of phenols is 1. The third-order valence-electron chi connectivity index (χ3n) is 5.49. The molecule has 5 atom stereocenters. The second kappa shape index (κ2) is 14.5. The standard InChI is InChI=1S/C23H36N4O6S/c1-5-13(2)19(22(31)25-14(3)23(32)33)27-21(30)18(10-11-34-4)26-20(29)17(24)12-15-6-8-16(28)9-7-15/h6-9,13-14,17-19,28H,5,10-12,24H2,1-4H3,(H,25,31)(H,26,29)(H,27,30)(H,32,33). The Morgan fingerprint density at radius 3 is 2.15 bits per heavy atom. The number of carboxylic acid groups (broad SMARTS) is 1. The number of thioether (sulfide) groups is 1. The quantitative estimate of drug-likeness (QED) is 0.218. The maximum Gasteiger partial charge on any atom is 0.325 e. The molecule has 0 saturated carbocycles. The van der Waals surface area contributed by atoms with Crippen LogP contribution in [0.5, 0.6) is 5.75 Å². The summed E-state index contributed by atoms with van der Waals surface area (Å²) in [5.74, 6) is -2.42. The van der Waals surface area contributed by atoms with E-state index in [4.69, 9.17) is 10.8 Å². The van der Waals surface area contributed by atoms with Crippen LogP contribution >= 0.6 is 11.8 Å². The lowest BCUT2D eigenvalue weighted by Gasteiger charge is -2.27. The summed E-state index contributed by atoms with van der Waals surface area (Å²) in [6.45, 7) is 4.97. The maximum atomic E-state index is 13.1. The predicted octanol–water partition coefficient (Wildman–Crippen LogP) is 0.620. The highest BCUT2D eigenvalue weighted by Crippen LogP contribution is 2.12. The molecule has 0 fully saturated rings. The second-order valence-electron chi connectivity index (χ2n) is 8.26.